The zero-order valence-electron chi connectivity index (χ0n) is 16.4. The van der Waals surface area contributed by atoms with E-state index in [0.717, 1.165) is 37.3 Å². The molecular weight excluding hydrogens is 352 g/mol. The highest BCUT2D eigenvalue weighted by Gasteiger charge is 2.25. The highest BCUT2D eigenvalue weighted by molar-refractivity contribution is 5.78. The zero-order chi connectivity index (χ0) is 19.3. The van der Waals surface area contributed by atoms with E-state index in [2.05, 4.69) is 41.4 Å². The van der Waals surface area contributed by atoms with Crippen molar-refractivity contribution in [3.8, 4) is 11.5 Å². The minimum atomic E-state index is -0.0712. The number of ether oxygens (including phenoxy) is 2. The van der Waals surface area contributed by atoms with Crippen molar-refractivity contribution in [3.63, 3.8) is 0 Å². The minimum Gasteiger partial charge on any atom is -0.486 e. The average Bonchev–Trinajstić information content (AvgIpc) is 2.73. The van der Waals surface area contributed by atoms with Crippen LogP contribution < -0.4 is 14.8 Å². The van der Waals surface area contributed by atoms with Crippen molar-refractivity contribution in [2.45, 2.75) is 38.3 Å². The number of carbonyl (C=O) groups is 1. The van der Waals surface area contributed by atoms with E-state index in [4.69, 9.17) is 9.47 Å². The maximum atomic E-state index is 12.7. The Morgan fingerprint density at radius 3 is 2.79 bits per heavy atom. The standard InChI is InChI=1S/C23H28N2O3/c1-2-25(14-18-16-27-21-12-5-6-13-22(21)28-18)15-23(26)24-20-11-7-9-17-8-3-4-10-19(17)20/h3-6,8,10,12-13,18,20H,2,7,9,11,14-16H2,1H3,(H,24,26)/t18-,20-/m0/s1. The fourth-order valence-electron chi connectivity index (χ4n) is 4.09. The third-order valence-corrected chi connectivity index (χ3v) is 5.55. The molecule has 0 saturated carbocycles. The number of fused-ring (bicyclic) bond motifs is 2. The van der Waals surface area contributed by atoms with Gasteiger partial charge >= 0.3 is 0 Å². The molecule has 2 aliphatic rings. The Balaban J connectivity index is 1.32. The first-order valence-electron chi connectivity index (χ1n) is 10.2. The van der Waals surface area contributed by atoms with Crippen LogP contribution >= 0.6 is 0 Å². The average molecular weight is 380 g/mol. The summed E-state index contributed by atoms with van der Waals surface area (Å²) in [6, 6.07) is 16.3. The summed E-state index contributed by atoms with van der Waals surface area (Å²) in [6.45, 7) is 4.40. The van der Waals surface area contributed by atoms with Crippen LogP contribution in [0.1, 0.15) is 36.9 Å². The number of benzene rings is 2. The van der Waals surface area contributed by atoms with E-state index >= 15 is 0 Å². The molecule has 0 saturated heterocycles. The Morgan fingerprint density at radius 1 is 1.14 bits per heavy atom. The molecule has 5 nitrogen and oxygen atoms in total. The van der Waals surface area contributed by atoms with E-state index in [0.29, 0.717) is 19.7 Å². The van der Waals surface area contributed by atoms with Gasteiger partial charge < -0.3 is 14.8 Å². The number of nitrogens with zero attached hydrogens (tertiary/aromatic N) is 1. The van der Waals surface area contributed by atoms with Gasteiger partial charge in [0.05, 0.1) is 12.6 Å². The first-order chi connectivity index (χ1) is 13.7. The molecule has 0 spiro atoms. The van der Waals surface area contributed by atoms with E-state index in [-0.39, 0.29) is 18.1 Å². The summed E-state index contributed by atoms with van der Waals surface area (Å²) in [7, 11) is 0. The maximum Gasteiger partial charge on any atom is 0.234 e. The Morgan fingerprint density at radius 2 is 1.93 bits per heavy atom. The highest BCUT2D eigenvalue weighted by atomic mass is 16.6. The molecular formula is C23H28N2O3. The topological polar surface area (TPSA) is 50.8 Å². The van der Waals surface area contributed by atoms with Crippen molar-refractivity contribution < 1.29 is 14.3 Å². The lowest BCUT2D eigenvalue weighted by atomic mass is 9.88. The lowest BCUT2D eigenvalue weighted by molar-refractivity contribution is -0.123. The Labute approximate surface area is 166 Å². The number of para-hydroxylation sites is 2. The molecule has 2 atom stereocenters. The number of aryl methyl sites for hydroxylation is 1. The summed E-state index contributed by atoms with van der Waals surface area (Å²) in [4.78, 5) is 14.8. The summed E-state index contributed by atoms with van der Waals surface area (Å²) in [6.07, 6.45) is 3.15. The van der Waals surface area contributed by atoms with Crippen LogP contribution in [0.4, 0.5) is 0 Å². The number of amides is 1. The number of hydrogen-bond acceptors (Lipinski definition) is 4. The molecule has 28 heavy (non-hydrogen) atoms. The van der Waals surface area contributed by atoms with Gasteiger partial charge in [0.1, 0.15) is 12.7 Å². The predicted octanol–water partition coefficient (Wildman–Crippen LogP) is 3.34. The van der Waals surface area contributed by atoms with E-state index in [1.54, 1.807) is 0 Å². The fourth-order valence-corrected chi connectivity index (χ4v) is 4.09. The molecule has 0 bridgehead atoms. The minimum absolute atomic E-state index is 0.0701. The van der Waals surface area contributed by atoms with Crippen LogP contribution in [0.5, 0.6) is 11.5 Å². The van der Waals surface area contributed by atoms with E-state index in [1.165, 1.54) is 11.1 Å². The van der Waals surface area contributed by atoms with Gasteiger partial charge in [-0.15, -0.1) is 0 Å². The van der Waals surface area contributed by atoms with Crippen LogP contribution in [0.3, 0.4) is 0 Å². The van der Waals surface area contributed by atoms with Crippen LogP contribution in [-0.4, -0.2) is 43.2 Å². The van der Waals surface area contributed by atoms with Crippen LogP contribution in [-0.2, 0) is 11.2 Å². The Hall–Kier alpha value is -2.53. The van der Waals surface area contributed by atoms with Crippen LogP contribution in [0.15, 0.2) is 48.5 Å². The molecule has 2 aromatic rings. The van der Waals surface area contributed by atoms with Gasteiger partial charge in [-0.2, -0.15) is 0 Å². The van der Waals surface area contributed by atoms with Crippen molar-refractivity contribution in [3.05, 3.63) is 59.7 Å². The molecule has 1 aliphatic heterocycles. The van der Waals surface area contributed by atoms with Crippen molar-refractivity contribution in [1.29, 1.82) is 0 Å². The van der Waals surface area contributed by atoms with Crippen LogP contribution in [0, 0.1) is 0 Å². The van der Waals surface area contributed by atoms with Gasteiger partial charge in [0.25, 0.3) is 0 Å². The number of nitrogens with one attached hydrogen (secondary N) is 1. The number of likely N-dealkylation sites (N-methyl/N-ethyl adjacent to an activating group) is 1. The molecule has 1 N–H and O–H groups in total. The van der Waals surface area contributed by atoms with Gasteiger partial charge in [0.2, 0.25) is 5.91 Å². The normalized spacial score (nSPS) is 20.5. The molecule has 1 amide bonds. The molecule has 0 radical (unpaired) electrons. The first kappa shape index (κ1) is 18.8. The van der Waals surface area contributed by atoms with Crippen LogP contribution in [0.2, 0.25) is 0 Å². The second-order valence-corrected chi connectivity index (χ2v) is 7.54. The number of carbonyl (C=O) groups excluding carboxylic acids is 1. The predicted molar refractivity (Wildman–Crippen MR) is 109 cm³/mol. The molecule has 4 rings (SSSR count). The van der Waals surface area contributed by atoms with E-state index in [9.17, 15) is 4.79 Å². The lowest BCUT2D eigenvalue weighted by Gasteiger charge is -2.31. The van der Waals surface area contributed by atoms with Gasteiger partial charge in [0.15, 0.2) is 11.5 Å². The highest BCUT2D eigenvalue weighted by Crippen LogP contribution is 2.31. The van der Waals surface area contributed by atoms with E-state index < -0.39 is 0 Å². The SMILES string of the molecule is CCN(CC(=O)N[C@H]1CCCc2ccccc21)C[C@H]1COc2ccccc2O1. The van der Waals surface area contributed by atoms with Gasteiger partial charge in [-0.3, -0.25) is 9.69 Å². The van der Waals surface area contributed by atoms with Gasteiger partial charge in [-0.25, -0.2) is 0 Å². The number of rotatable bonds is 6. The quantitative estimate of drug-likeness (QED) is 0.835. The van der Waals surface area contributed by atoms with Gasteiger partial charge in [-0.1, -0.05) is 43.3 Å². The summed E-state index contributed by atoms with van der Waals surface area (Å²) in [5.74, 6) is 1.63. The van der Waals surface area contributed by atoms with Crippen molar-refractivity contribution >= 4 is 5.91 Å². The molecule has 2 aromatic carbocycles. The molecule has 1 heterocycles. The van der Waals surface area contributed by atoms with Gasteiger partial charge in [0, 0.05) is 6.54 Å². The third-order valence-electron chi connectivity index (χ3n) is 5.55. The summed E-state index contributed by atoms with van der Waals surface area (Å²) in [5, 5.41) is 3.24. The summed E-state index contributed by atoms with van der Waals surface area (Å²) < 4.78 is 11.8. The smallest absolute Gasteiger partial charge is 0.234 e. The summed E-state index contributed by atoms with van der Waals surface area (Å²) >= 11 is 0. The molecule has 148 valence electrons. The molecule has 5 heteroatoms. The molecule has 0 fully saturated rings. The Kier molecular flexibility index (Phi) is 5.81. The van der Waals surface area contributed by atoms with Crippen molar-refractivity contribution in [2.24, 2.45) is 0 Å². The van der Waals surface area contributed by atoms with Crippen molar-refractivity contribution in [1.82, 2.24) is 10.2 Å². The largest absolute Gasteiger partial charge is 0.486 e. The fraction of sp³-hybridized carbons (Fsp3) is 0.435. The third kappa shape index (κ3) is 4.30. The second-order valence-electron chi connectivity index (χ2n) is 7.54. The first-order valence-corrected chi connectivity index (χ1v) is 10.2. The second kappa shape index (κ2) is 8.65. The molecule has 0 aromatic heterocycles. The number of hydrogen-bond donors (Lipinski definition) is 1. The zero-order valence-corrected chi connectivity index (χ0v) is 16.4. The van der Waals surface area contributed by atoms with E-state index in [1.807, 2.05) is 24.3 Å². The monoisotopic (exact) mass is 380 g/mol. The van der Waals surface area contributed by atoms with Gasteiger partial charge in [-0.05, 0) is 49.1 Å². The maximum absolute atomic E-state index is 12.7. The van der Waals surface area contributed by atoms with Crippen LogP contribution in [0.25, 0.3) is 0 Å². The molecule has 0 unspecified atom stereocenters. The van der Waals surface area contributed by atoms with Crippen molar-refractivity contribution in [2.75, 3.05) is 26.2 Å². The summed E-state index contributed by atoms with van der Waals surface area (Å²) in [5.41, 5.74) is 2.63. The lowest BCUT2D eigenvalue weighted by Crippen LogP contribution is -2.45. The Bertz CT molecular complexity index is 823. The molecule has 1 aliphatic carbocycles.